The smallest absolute Gasteiger partial charge is 0.176 e. The third kappa shape index (κ3) is 4.06. The second kappa shape index (κ2) is 7.58. The van der Waals surface area contributed by atoms with Crippen molar-refractivity contribution in [3.8, 4) is 12.1 Å². The molecule has 6 nitrogen and oxygen atoms in total. The zero-order valence-electron chi connectivity index (χ0n) is 11.6. The lowest BCUT2D eigenvalue weighted by molar-refractivity contribution is 0.0202. The molecule has 1 unspecified atom stereocenters. The second-order valence-electron chi connectivity index (χ2n) is 4.61. The van der Waals surface area contributed by atoms with Gasteiger partial charge in [-0.05, 0) is 17.7 Å². The van der Waals surface area contributed by atoms with Gasteiger partial charge >= 0.3 is 0 Å². The number of hydrogen-bond donors (Lipinski definition) is 1. The van der Waals surface area contributed by atoms with Crippen LogP contribution in [0.4, 0.5) is 0 Å². The lowest BCUT2D eigenvalue weighted by Crippen LogP contribution is -2.22. The first-order valence-corrected chi connectivity index (χ1v) is 6.87. The van der Waals surface area contributed by atoms with E-state index in [0.29, 0.717) is 11.6 Å². The molecule has 7 heteroatoms. The molecule has 2 rings (SSSR count). The van der Waals surface area contributed by atoms with E-state index in [1.807, 2.05) is 24.3 Å². The average molecular weight is 317 g/mol. The molecule has 1 aromatic carbocycles. The largest absolute Gasteiger partial charge is 0.389 e. The van der Waals surface area contributed by atoms with Gasteiger partial charge in [-0.25, -0.2) is 4.98 Å². The molecule has 1 heterocycles. The Kier molecular flexibility index (Phi) is 5.51. The maximum absolute atomic E-state index is 9.94. The van der Waals surface area contributed by atoms with E-state index in [4.69, 9.17) is 26.9 Å². The van der Waals surface area contributed by atoms with Crippen molar-refractivity contribution in [2.24, 2.45) is 0 Å². The molecule has 0 bridgehead atoms. The van der Waals surface area contributed by atoms with Crippen LogP contribution in [0.25, 0.3) is 0 Å². The lowest BCUT2D eigenvalue weighted by atomic mass is 10.2. The standard InChI is InChI=1S/C15H13ClN4O2/c16-12-3-1-11(2-4-12)8-22-9-13(21)7-20-10-19-14(5-17)15(20)6-18/h1-4,10,13,21H,7-9H2. The molecule has 0 aliphatic carbocycles. The number of aliphatic hydroxyl groups is 1. The highest BCUT2D eigenvalue weighted by Gasteiger charge is 2.13. The highest BCUT2D eigenvalue weighted by atomic mass is 35.5. The van der Waals surface area contributed by atoms with Crippen molar-refractivity contribution in [2.45, 2.75) is 19.3 Å². The van der Waals surface area contributed by atoms with Gasteiger partial charge in [0.15, 0.2) is 11.4 Å². The van der Waals surface area contributed by atoms with Crippen LogP contribution >= 0.6 is 11.6 Å². The molecule has 0 amide bonds. The summed E-state index contributed by atoms with van der Waals surface area (Å²) in [6.07, 6.45) is 0.555. The Morgan fingerprint density at radius 2 is 2.00 bits per heavy atom. The van der Waals surface area contributed by atoms with Crippen molar-refractivity contribution in [2.75, 3.05) is 6.61 Å². The Balaban J connectivity index is 1.85. The normalized spacial score (nSPS) is 11.6. The zero-order chi connectivity index (χ0) is 15.9. The summed E-state index contributed by atoms with van der Waals surface area (Å²) in [7, 11) is 0. The number of ether oxygens (including phenoxy) is 1. The predicted molar refractivity (Wildman–Crippen MR) is 78.8 cm³/mol. The minimum Gasteiger partial charge on any atom is -0.389 e. The number of imidazole rings is 1. The third-order valence-electron chi connectivity index (χ3n) is 2.95. The maximum atomic E-state index is 9.94. The van der Waals surface area contributed by atoms with Crippen molar-refractivity contribution in [3.63, 3.8) is 0 Å². The van der Waals surface area contributed by atoms with Crippen LogP contribution in [0.3, 0.4) is 0 Å². The SMILES string of the molecule is N#Cc1ncn(CC(O)COCc2ccc(Cl)cc2)c1C#N. The van der Waals surface area contributed by atoms with Gasteiger partial charge in [0.25, 0.3) is 0 Å². The van der Waals surface area contributed by atoms with Crippen molar-refractivity contribution >= 4 is 11.6 Å². The predicted octanol–water partition coefficient (Wildman–Crippen LogP) is 1.86. The molecule has 1 aromatic heterocycles. The summed E-state index contributed by atoms with van der Waals surface area (Å²) in [5, 5.41) is 28.4. The molecule has 22 heavy (non-hydrogen) atoms. The number of aromatic nitrogens is 2. The van der Waals surface area contributed by atoms with Crippen LogP contribution in [-0.2, 0) is 17.9 Å². The second-order valence-corrected chi connectivity index (χ2v) is 5.05. The van der Waals surface area contributed by atoms with E-state index in [1.54, 1.807) is 12.1 Å². The van der Waals surface area contributed by atoms with E-state index in [2.05, 4.69) is 4.98 Å². The highest BCUT2D eigenvalue weighted by Crippen LogP contribution is 2.11. The monoisotopic (exact) mass is 316 g/mol. The third-order valence-corrected chi connectivity index (χ3v) is 3.20. The van der Waals surface area contributed by atoms with Gasteiger partial charge in [-0.3, -0.25) is 0 Å². The zero-order valence-corrected chi connectivity index (χ0v) is 12.4. The molecule has 112 valence electrons. The molecule has 2 aromatic rings. The number of halogens is 1. The summed E-state index contributed by atoms with van der Waals surface area (Å²) in [6.45, 7) is 0.596. The van der Waals surface area contributed by atoms with E-state index in [9.17, 15) is 5.11 Å². The van der Waals surface area contributed by atoms with Gasteiger partial charge in [-0.1, -0.05) is 23.7 Å². The van der Waals surface area contributed by atoms with Crippen LogP contribution in [0, 0.1) is 22.7 Å². The number of hydrogen-bond acceptors (Lipinski definition) is 5. The minimum absolute atomic E-state index is 0.0526. The topological polar surface area (TPSA) is 94.9 Å². The van der Waals surface area contributed by atoms with Crippen LogP contribution in [0.15, 0.2) is 30.6 Å². The number of nitrogens with zero attached hydrogens (tertiary/aromatic N) is 4. The molecule has 1 atom stereocenters. The van der Waals surface area contributed by atoms with E-state index in [0.717, 1.165) is 5.56 Å². The van der Waals surface area contributed by atoms with E-state index in [1.165, 1.54) is 10.9 Å². The molecule has 0 saturated carbocycles. The summed E-state index contributed by atoms with van der Waals surface area (Å²) in [5.74, 6) is 0. The van der Waals surface area contributed by atoms with Crippen molar-refractivity contribution in [3.05, 3.63) is 52.6 Å². The van der Waals surface area contributed by atoms with Gasteiger partial charge in [0.1, 0.15) is 12.1 Å². The van der Waals surface area contributed by atoms with Gasteiger partial charge in [0.05, 0.1) is 32.2 Å². The molecule has 0 radical (unpaired) electrons. The Bertz CT molecular complexity index is 713. The van der Waals surface area contributed by atoms with Crippen molar-refractivity contribution in [1.29, 1.82) is 10.5 Å². The first kappa shape index (κ1) is 16.0. The fourth-order valence-electron chi connectivity index (χ4n) is 1.89. The van der Waals surface area contributed by atoms with Crippen LogP contribution in [-0.4, -0.2) is 27.4 Å². The van der Waals surface area contributed by atoms with Gasteiger partial charge in [-0.15, -0.1) is 0 Å². The molecule has 1 N–H and O–H groups in total. The molecule has 0 fully saturated rings. The molecule has 0 spiro atoms. The van der Waals surface area contributed by atoms with Crippen LogP contribution in [0.5, 0.6) is 0 Å². The van der Waals surface area contributed by atoms with Gasteiger partial charge in [0.2, 0.25) is 0 Å². The molecular weight excluding hydrogens is 304 g/mol. The summed E-state index contributed by atoms with van der Waals surface area (Å²) in [6, 6.07) is 11.0. The fourth-order valence-corrected chi connectivity index (χ4v) is 2.02. The van der Waals surface area contributed by atoms with E-state index < -0.39 is 6.10 Å². The lowest BCUT2D eigenvalue weighted by Gasteiger charge is -2.12. The van der Waals surface area contributed by atoms with Crippen molar-refractivity contribution < 1.29 is 9.84 Å². The first-order valence-electron chi connectivity index (χ1n) is 6.49. The summed E-state index contributed by atoms with van der Waals surface area (Å²) in [4.78, 5) is 3.81. The Morgan fingerprint density at radius 1 is 1.27 bits per heavy atom. The van der Waals surface area contributed by atoms with Crippen LogP contribution < -0.4 is 0 Å². The summed E-state index contributed by atoms with van der Waals surface area (Å²) in [5.41, 5.74) is 1.14. The van der Waals surface area contributed by atoms with Gasteiger partial charge < -0.3 is 14.4 Å². The van der Waals surface area contributed by atoms with Crippen molar-refractivity contribution in [1.82, 2.24) is 9.55 Å². The van der Waals surface area contributed by atoms with E-state index in [-0.39, 0.29) is 24.5 Å². The van der Waals surface area contributed by atoms with E-state index >= 15 is 0 Å². The molecule has 0 aliphatic heterocycles. The summed E-state index contributed by atoms with van der Waals surface area (Å²) < 4.78 is 6.86. The van der Waals surface area contributed by atoms with Crippen LogP contribution in [0.1, 0.15) is 17.0 Å². The average Bonchev–Trinajstić information content (AvgIpc) is 2.91. The number of nitriles is 2. The quantitative estimate of drug-likeness (QED) is 0.877. The van der Waals surface area contributed by atoms with Gasteiger partial charge in [0, 0.05) is 5.02 Å². The number of aliphatic hydroxyl groups excluding tert-OH is 1. The Hall–Kier alpha value is -2.38. The number of rotatable bonds is 6. The Labute approximate surface area is 132 Å². The highest BCUT2D eigenvalue weighted by molar-refractivity contribution is 6.30. The van der Waals surface area contributed by atoms with Crippen LogP contribution in [0.2, 0.25) is 5.02 Å². The minimum atomic E-state index is -0.805. The molecule has 0 saturated heterocycles. The van der Waals surface area contributed by atoms with Gasteiger partial charge in [-0.2, -0.15) is 10.5 Å². The molecular formula is C15H13ClN4O2. The summed E-state index contributed by atoms with van der Waals surface area (Å²) >= 11 is 5.79. The Morgan fingerprint density at radius 3 is 2.64 bits per heavy atom. The number of benzene rings is 1. The first-order chi connectivity index (χ1) is 10.6. The maximum Gasteiger partial charge on any atom is 0.176 e. The molecule has 0 aliphatic rings. The fraction of sp³-hybridized carbons (Fsp3) is 0.267.